The minimum absolute atomic E-state index is 0.556. The van der Waals surface area contributed by atoms with Gasteiger partial charge in [-0.3, -0.25) is 0 Å². The van der Waals surface area contributed by atoms with E-state index in [2.05, 4.69) is 39.8 Å². The molecule has 0 saturated heterocycles. The molecule has 0 N–H and O–H groups in total. The molecule has 2 aliphatic carbocycles. The van der Waals surface area contributed by atoms with Gasteiger partial charge in [-0.2, -0.15) is 28.3 Å². The maximum atomic E-state index is 4.89. The van der Waals surface area contributed by atoms with Crippen LogP contribution in [0.25, 0.3) is 0 Å². The van der Waals surface area contributed by atoms with Crippen molar-refractivity contribution in [3.63, 3.8) is 0 Å². The van der Waals surface area contributed by atoms with Crippen molar-refractivity contribution in [2.45, 2.75) is 104 Å². The molecule has 4 rings (SSSR count). The second kappa shape index (κ2) is 11.0. The second-order valence-electron chi connectivity index (χ2n) is 9.47. The molecular weight excluding hydrogens is 431 g/mol. The van der Waals surface area contributed by atoms with Gasteiger partial charge in [0.25, 0.3) is 0 Å². The molecule has 0 atom stereocenters. The number of hydrogen-bond donors (Lipinski definition) is 0. The molecule has 0 fully saturated rings. The third kappa shape index (κ3) is 5.44. The molecule has 2 aliphatic rings. The van der Waals surface area contributed by atoms with Crippen molar-refractivity contribution in [3.8, 4) is 0 Å². The van der Waals surface area contributed by atoms with E-state index in [-0.39, 0.29) is 0 Å². The molecule has 2 aromatic rings. The molecule has 164 valence electrons. The van der Waals surface area contributed by atoms with Crippen LogP contribution >= 0.6 is 18.6 Å². The summed E-state index contributed by atoms with van der Waals surface area (Å²) in [6.07, 6.45) is 13.3. The van der Waals surface area contributed by atoms with Crippen molar-refractivity contribution in [2.75, 3.05) is 0 Å². The molecule has 0 bridgehead atoms. The molecule has 0 amide bonds. The predicted octanol–water partition coefficient (Wildman–Crippen LogP) is 8.29. The van der Waals surface area contributed by atoms with Gasteiger partial charge in [0.2, 0.25) is 0 Å². The monoisotopic (exact) mass is 466 g/mol. The molecule has 0 aliphatic heterocycles. The average Bonchev–Trinajstić information content (AvgIpc) is 3.24. The van der Waals surface area contributed by atoms with Crippen LogP contribution in [-0.4, -0.2) is 0 Å². The summed E-state index contributed by atoms with van der Waals surface area (Å²) in [5.41, 5.74) is 13.6. The van der Waals surface area contributed by atoms with Gasteiger partial charge >= 0.3 is 35.6 Å². The van der Waals surface area contributed by atoms with Crippen molar-refractivity contribution in [1.29, 1.82) is 0 Å². The Morgan fingerprint density at radius 2 is 1.69 bits per heavy atom. The van der Waals surface area contributed by atoms with Crippen molar-refractivity contribution < 1.29 is 17.0 Å². The predicted molar refractivity (Wildman–Crippen MR) is 125 cm³/mol. The van der Waals surface area contributed by atoms with Gasteiger partial charge in [-0.05, 0) is 5.92 Å². The number of hydrogen-bond acceptors (Lipinski definition) is 0. The van der Waals surface area contributed by atoms with Crippen molar-refractivity contribution >= 4 is 18.6 Å². The Bertz CT molecular complexity index is 728. The van der Waals surface area contributed by atoms with Gasteiger partial charge in [0.1, 0.15) is 0 Å². The Morgan fingerprint density at radius 3 is 2.38 bits per heavy atom. The molecule has 3 heteroatoms. The van der Waals surface area contributed by atoms with Crippen molar-refractivity contribution in [1.82, 2.24) is 0 Å². The summed E-state index contributed by atoms with van der Waals surface area (Å²) in [7, 11) is 9.78. The summed E-state index contributed by atoms with van der Waals surface area (Å²) in [5.74, 6) is 1.34. The van der Waals surface area contributed by atoms with Crippen LogP contribution in [0.3, 0.4) is 0 Å². The van der Waals surface area contributed by atoms with E-state index in [4.69, 9.17) is 18.6 Å². The van der Waals surface area contributed by atoms with Gasteiger partial charge in [0.05, 0.1) is 0 Å². The number of aryl methyl sites for hydroxylation is 4. The van der Waals surface area contributed by atoms with E-state index in [1.807, 2.05) is 0 Å². The summed E-state index contributed by atoms with van der Waals surface area (Å²) in [6, 6.07) is 5.17. The Balaban J connectivity index is 0.000000755. The van der Waals surface area contributed by atoms with Crippen LogP contribution in [0.5, 0.6) is 0 Å². The average molecular weight is 467 g/mol. The Labute approximate surface area is 195 Å². The van der Waals surface area contributed by atoms with Gasteiger partial charge < -0.3 is 28.3 Å². The van der Waals surface area contributed by atoms with E-state index >= 15 is 0 Å². The zero-order chi connectivity index (χ0) is 21.0. The Morgan fingerprint density at radius 1 is 1.00 bits per heavy atom. The molecule has 0 unspecified atom stereocenters. The van der Waals surface area contributed by atoms with Crippen LogP contribution < -0.4 is 0 Å². The number of rotatable bonds is 5. The first kappa shape index (κ1) is 23.7. The van der Waals surface area contributed by atoms with E-state index in [0.29, 0.717) is 11.8 Å². The summed E-state index contributed by atoms with van der Waals surface area (Å²) in [5, 5.41) is 0. The van der Waals surface area contributed by atoms with Gasteiger partial charge in [-0.25, -0.2) is 25.2 Å². The van der Waals surface area contributed by atoms with Gasteiger partial charge in [0, 0.05) is 0 Å². The van der Waals surface area contributed by atoms with Crippen LogP contribution in [0, 0.1) is 0 Å². The zero-order valence-electron chi connectivity index (χ0n) is 18.6. The summed E-state index contributed by atoms with van der Waals surface area (Å²) >= 11 is -0.556. The summed E-state index contributed by atoms with van der Waals surface area (Å²) in [4.78, 5) is 0. The molecule has 0 aromatic heterocycles. The minimum atomic E-state index is -0.556. The summed E-state index contributed by atoms with van der Waals surface area (Å²) in [6.45, 7) is 9.59. The molecule has 29 heavy (non-hydrogen) atoms. The molecule has 0 nitrogen and oxygen atoms in total. The molecule has 0 saturated carbocycles. The second-order valence-corrected chi connectivity index (χ2v) is 12.0. The Kier molecular flexibility index (Phi) is 9.00. The standard InChI is InChI=1S/C26H36.2ClH.Ti/c1-17(2)25-21(15-19-9-5-7-11-23(19)25)13-14-22-16-20-10-6-8-12-24(20)26(22)18(3)4;;;/h15-18H,5-14H2,1-4H3;2*1H;/q-6;;;+2/p-2. The normalized spacial score (nSPS) is 15.7. The molecular formula is C26H36Cl2Ti-6. The fourth-order valence-corrected chi connectivity index (χ4v) is 5.88. The van der Waals surface area contributed by atoms with E-state index in [1.165, 1.54) is 64.2 Å². The summed E-state index contributed by atoms with van der Waals surface area (Å²) < 4.78 is 0. The molecule has 0 radical (unpaired) electrons. The number of fused-ring (bicyclic) bond motifs is 2. The van der Waals surface area contributed by atoms with Crippen LogP contribution in [0.1, 0.15) is 110 Å². The van der Waals surface area contributed by atoms with Gasteiger partial charge in [-0.15, -0.1) is 6.42 Å². The van der Waals surface area contributed by atoms with Crippen molar-refractivity contribution in [3.05, 3.63) is 56.6 Å². The van der Waals surface area contributed by atoms with E-state index in [1.54, 1.807) is 44.5 Å². The zero-order valence-corrected chi connectivity index (χ0v) is 21.7. The van der Waals surface area contributed by atoms with Crippen LogP contribution in [-0.2, 0) is 55.6 Å². The van der Waals surface area contributed by atoms with Crippen LogP contribution in [0.2, 0.25) is 0 Å². The first-order chi connectivity index (χ1) is 14.0. The third-order valence-electron chi connectivity index (χ3n) is 6.88. The quantitative estimate of drug-likeness (QED) is 0.307. The molecule has 2 aromatic carbocycles. The number of halogens is 2. The van der Waals surface area contributed by atoms with Crippen LogP contribution in [0.4, 0.5) is 0 Å². The maximum absolute atomic E-state index is 4.89. The van der Waals surface area contributed by atoms with E-state index < -0.39 is 17.0 Å². The third-order valence-corrected chi connectivity index (χ3v) is 6.88. The molecule has 0 spiro atoms. The van der Waals surface area contributed by atoms with Gasteiger partial charge in [0.15, 0.2) is 0 Å². The topological polar surface area (TPSA) is 0 Å². The van der Waals surface area contributed by atoms with Gasteiger partial charge in [-0.1, -0.05) is 66.2 Å². The Hall–Kier alpha value is -0.00571. The first-order valence-electron chi connectivity index (χ1n) is 11.5. The fraction of sp³-hybridized carbons (Fsp3) is 0.615. The van der Waals surface area contributed by atoms with E-state index in [9.17, 15) is 0 Å². The van der Waals surface area contributed by atoms with E-state index in [0.717, 1.165) is 0 Å². The fourth-order valence-electron chi connectivity index (χ4n) is 5.88. The molecule has 0 heterocycles. The van der Waals surface area contributed by atoms with Crippen LogP contribution in [0.15, 0.2) is 12.1 Å². The first-order valence-corrected chi connectivity index (χ1v) is 15.8. The SMILES string of the molecule is CC(C)c1c2c(c[c-]1CC[c-]1[cH-][c-]3[c-]([c-]1C(C)C)CCCC3)CCCC2.[Cl][Ti][Cl]. The van der Waals surface area contributed by atoms with Crippen molar-refractivity contribution in [2.24, 2.45) is 0 Å².